The fraction of sp³-hybridized carbons (Fsp3) is 0.276. The smallest absolute Gasteiger partial charge is 0.340 e. The molecule has 0 fully saturated rings. The van der Waals surface area contributed by atoms with Crippen molar-refractivity contribution in [3.8, 4) is 5.69 Å². The second-order valence-corrected chi connectivity index (χ2v) is 9.74. The van der Waals surface area contributed by atoms with Crippen LogP contribution in [0.3, 0.4) is 0 Å². The Morgan fingerprint density at radius 3 is 2.51 bits per heavy atom. The van der Waals surface area contributed by atoms with Gasteiger partial charge in [0.2, 0.25) is 0 Å². The number of hydrogen-bond acceptors (Lipinski definition) is 6. The Hall–Kier alpha value is -3.66. The Morgan fingerprint density at radius 1 is 1.08 bits per heavy atom. The minimum absolute atomic E-state index is 0.0899. The summed E-state index contributed by atoms with van der Waals surface area (Å²) in [6.07, 6.45) is 1.67. The molecule has 0 saturated carbocycles. The molecule has 2 atom stereocenters. The van der Waals surface area contributed by atoms with Crippen molar-refractivity contribution in [3.63, 3.8) is 0 Å². The van der Waals surface area contributed by atoms with E-state index in [-0.39, 0.29) is 18.5 Å². The first-order valence-corrected chi connectivity index (χ1v) is 13.0. The summed E-state index contributed by atoms with van der Waals surface area (Å²) in [5, 5.41) is 11.5. The van der Waals surface area contributed by atoms with Crippen molar-refractivity contribution in [1.82, 2.24) is 20.1 Å². The first kappa shape index (κ1) is 28.4. The molecule has 0 aliphatic rings. The molecule has 0 saturated heterocycles. The molecular weight excluding hydrogens is 524 g/mol. The monoisotopic (exact) mass is 553 g/mol. The lowest BCUT2D eigenvalue weighted by Crippen LogP contribution is -2.46. The number of benzene rings is 3. The van der Waals surface area contributed by atoms with Crippen molar-refractivity contribution in [2.45, 2.75) is 45.4 Å². The number of nitrogens with zero attached hydrogens (tertiary/aromatic N) is 3. The second kappa shape index (κ2) is 12.9. The van der Waals surface area contributed by atoms with Gasteiger partial charge in [-0.3, -0.25) is 4.57 Å². The Bertz CT molecular complexity index is 1420. The first-order chi connectivity index (χ1) is 18.7. The molecule has 1 aromatic heterocycles. The van der Waals surface area contributed by atoms with Crippen LogP contribution in [-0.4, -0.2) is 39.4 Å². The lowest BCUT2D eigenvalue weighted by Gasteiger charge is -2.25. The van der Waals surface area contributed by atoms with E-state index in [0.29, 0.717) is 28.6 Å². The highest BCUT2D eigenvalue weighted by atomic mass is 35.5. The quantitative estimate of drug-likeness (QED) is 0.255. The zero-order valence-electron chi connectivity index (χ0n) is 21.7. The predicted octanol–water partition coefficient (Wildman–Crippen LogP) is 4.95. The minimum Gasteiger partial charge on any atom is -0.456 e. The van der Waals surface area contributed by atoms with Crippen LogP contribution < -0.4 is 11.1 Å². The molecule has 4 aromatic rings. The molecule has 0 radical (unpaired) electrons. The third-order valence-corrected chi connectivity index (χ3v) is 6.60. The number of rotatable bonds is 11. The molecule has 4 rings (SSSR count). The fourth-order valence-corrected chi connectivity index (χ4v) is 4.52. The first-order valence-electron chi connectivity index (χ1n) is 12.6. The average molecular weight is 554 g/mol. The SMILES string of the molecule is CCc1cccc(CNC[C@@H](OC(=O)c2cc(Cl)ccc2-n2cnnc2C)[C@@H](N)Cc2cc(F)cc(F)c2)c1. The number of nitrogens with one attached hydrogen (secondary N) is 1. The van der Waals surface area contributed by atoms with Gasteiger partial charge in [0.25, 0.3) is 0 Å². The molecule has 10 heteroatoms. The van der Waals surface area contributed by atoms with E-state index < -0.39 is 29.7 Å². The molecule has 3 aromatic carbocycles. The van der Waals surface area contributed by atoms with E-state index in [1.165, 1.54) is 30.1 Å². The van der Waals surface area contributed by atoms with Crippen molar-refractivity contribution in [1.29, 1.82) is 0 Å². The second-order valence-electron chi connectivity index (χ2n) is 9.30. The van der Waals surface area contributed by atoms with Crippen molar-refractivity contribution in [3.05, 3.63) is 112 Å². The Morgan fingerprint density at radius 2 is 1.82 bits per heavy atom. The summed E-state index contributed by atoms with van der Waals surface area (Å²) in [6, 6.07) is 15.5. The summed E-state index contributed by atoms with van der Waals surface area (Å²) in [6.45, 7) is 4.57. The zero-order chi connectivity index (χ0) is 27.9. The summed E-state index contributed by atoms with van der Waals surface area (Å²) in [5.74, 6) is -1.48. The summed E-state index contributed by atoms with van der Waals surface area (Å²) in [4.78, 5) is 13.5. The number of nitrogens with two attached hydrogens (primary N) is 1. The predicted molar refractivity (Wildman–Crippen MR) is 146 cm³/mol. The number of ether oxygens (including phenoxy) is 1. The standard InChI is InChI=1S/C29H30ClF2N5O2/c1-3-19-5-4-6-20(9-19)15-34-16-28(26(33)12-21-10-23(31)14-24(32)11-21)39-29(38)25-13-22(30)7-8-27(25)37-17-35-36-18(37)2/h4-11,13-14,17,26,28,34H,3,12,15-16,33H2,1-2H3/t26-,28+/m0/s1. The van der Waals surface area contributed by atoms with Gasteiger partial charge in [-0.25, -0.2) is 13.6 Å². The highest BCUT2D eigenvalue weighted by Crippen LogP contribution is 2.23. The van der Waals surface area contributed by atoms with Crippen LogP contribution in [0.5, 0.6) is 0 Å². The van der Waals surface area contributed by atoms with Gasteiger partial charge in [0.05, 0.1) is 11.3 Å². The largest absolute Gasteiger partial charge is 0.456 e. The van der Waals surface area contributed by atoms with Crippen LogP contribution in [0.1, 0.15) is 39.8 Å². The number of carbonyl (C=O) groups excluding carboxylic acids is 1. The maximum atomic E-state index is 13.8. The maximum Gasteiger partial charge on any atom is 0.340 e. The highest BCUT2D eigenvalue weighted by Gasteiger charge is 2.26. The molecule has 0 spiro atoms. The molecule has 0 unspecified atom stereocenters. The zero-order valence-corrected chi connectivity index (χ0v) is 22.5. The van der Waals surface area contributed by atoms with Gasteiger partial charge < -0.3 is 15.8 Å². The molecule has 39 heavy (non-hydrogen) atoms. The molecule has 7 nitrogen and oxygen atoms in total. The number of hydrogen-bond donors (Lipinski definition) is 2. The van der Waals surface area contributed by atoms with Gasteiger partial charge in [0.15, 0.2) is 0 Å². The number of carbonyl (C=O) groups is 1. The molecule has 0 aliphatic heterocycles. The minimum atomic E-state index is -0.827. The van der Waals surface area contributed by atoms with E-state index in [4.69, 9.17) is 22.1 Å². The van der Waals surface area contributed by atoms with Gasteiger partial charge in [-0.2, -0.15) is 0 Å². The van der Waals surface area contributed by atoms with Crippen LogP contribution >= 0.6 is 11.6 Å². The van der Waals surface area contributed by atoms with E-state index in [1.807, 2.05) is 12.1 Å². The Labute approximate surface area is 231 Å². The van der Waals surface area contributed by atoms with Gasteiger partial charge in [0.1, 0.15) is 29.9 Å². The van der Waals surface area contributed by atoms with Crippen molar-refractivity contribution >= 4 is 17.6 Å². The van der Waals surface area contributed by atoms with Crippen LogP contribution in [0, 0.1) is 18.6 Å². The van der Waals surface area contributed by atoms with Crippen molar-refractivity contribution in [2.75, 3.05) is 6.54 Å². The highest BCUT2D eigenvalue weighted by molar-refractivity contribution is 6.31. The molecule has 0 aliphatic carbocycles. The molecule has 204 valence electrons. The van der Waals surface area contributed by atoms with Gasteiger partial charge in [-0.1, -0.05) is 42.8 Å². The normalized spacial score (nSPS) is 12.8. The van der Waals surface area contributed by atoms with Gasteiger partial charge >= 0.3 is 5.97 Å². The van der Waals surface area contributed by atoms with Crippen LogP contribution in [0.15, 0.2) is 67.0 Å². The Kier molecular flexibility index (Phi) is 9.40. The summed E-state index contributed by atoms with van der Waals surface area (Å²) >= 11 is 6.22. The average Bonchev–Trinajstić information content (AvgIpc) is 3.33. The van der Waals surface area contributed by atoms with E-state index >= 15 is 0 Å². The van der Waals surface area contributed by atoms with Crippen LogP contribution in [0.25, 0.3) is 5.69 Å². The summed E-state index contributed by atoms with van der Waals surface area (Å²) in [5.41, 5.74) is 9.81. The van der Waals surface area contributed by atoms with Crippen LogP contribution in [0.2, 0.25) is 5.02 Å². The number of aryl methyl sites for hydroxylation is 2. The third kappa shape index (κ3) is 7.47. The van der Waals surface area contributed by atoms with Crippen LogP contribution in [0.4, 0.5) is 8.78 Å². The van der Waals surface area contributed by atoms with E-state index in [2.05, 4.69) is 34.6 Å². The Balaban J connectivity index is 1.56. The fourth-order valence-electron chi connectivity index (χ4n) is 4.34. The lowest BCUT2D eigenvalue weighted by molar-refractivity contribution is 0.0238. The van der Waals surface area contributed by atoms with Gasteiger partial charge in [-0.15, -0.1) is 10.2 Å². The molecule has 0 bridgehead atoms. The lowest BCUT2D eigenvalue weighted by atomic mass is 10.0. The summed E-state index contributed by atoms with van der Waals surface area (Å²) in [7, 11) is 0. The number of aromatic nitrogens is 3. The van der Waals surface area contributed by atoms with Crippen molar-refractivity contribution in [2.24, 2.45) is 5.73 Å². The maximum absolute atomic E-state index is 13.8. The van der Waals surface area contributed by atoms with Crippen molar-refractivity contribution < 1.29 is 18.3 Å². The molecular formula is C29H30ClF2N5O2. The summed E-state index contributed by atoms with van der Waals surface area (Å²) < 4.78 is 35.2. The van der Waals surface area contributed by atoms with Gasteiger partial charge in [-0.05, 0) is 66.8 Å². The number of esters is 1. The van der Waals surface area contributed by atoms with Gasteiger partial charge in [0, 0.05) is 30.2 Å². The van der Waals surface area contributed by atoms with E-state index in [1.54, 1.807) is 23.6 Å². The number of halogens is 3. The van der Waals surface area contributed by atoms with E-state index in [9.17, 15) is 13.6 Å². The van der Waals surface area contributed by atoms with E-state index in [0.717, 1.165) is 18.1 Å². The molecule has 3 N–H and O–H groups in total. The van der Waals surface area contributed by atoms with Crippen LogP contribution in [-0.2, 0) is 24.1 Å². The molecule has 0 amide bonds. The molecule has 1 heterocycles. The topological polar surface area (TPSA) is 95.1 Å². The third-order valence-electron chi connectivity index (χ3n) is 6.36.